The fourth-order valence-electron chi connectivity index (χ4n) is 2.44. The van der Waals surface area contributed by atoms with E-state index in [-0.39, 0.29) is 18.4 Å². The number of carbonyl (C=O) groups is 1. The van der Waals surface area contributed by atoms with Gasteiger partial charge in [0, 0.05) is 5.56 Å². The summed E-state index contributed by atoms with van der Waals surface area (Å²) in [5.41, 5.74) is 3.38. The highest BCUT2D eigenvalue weighted by Crippen LogP contribution is 2.23. The van der Waals surface area contributed by atoms with Crippen molar-refractivity contribution >= 4 is 5.91 Å². The van der Waals surface area contributed by atoms with Crippen LogP contribution in [0.1, 0.15) is 25.3 Å². The van der Waals surface area contributed by atoms with Gasteiger partial charge in [0.2, 0.25) is 11.8 Å². The number of nitrogens with one attached hydrogen (secondary N) is 1. The zero-order valence-electron chi connectivity index (χ0n) is 15.4. The number of hydrogen-bond acceptors (Lipinski definition) is 6. The highest BCUT2D eigenvalue weighted by Gasteiger charge is 2.29. The van der Waals surface area contributed by atoms with E-state index in [2.05, 4.69) is 15.7 Å². The molecule has 140 valence electrons. The molecular weight excluding hydrogens is 346 g/mol. The molecule has 1 heterocycles. The first-order valence-electron chi connectivity index (χ1n) is 8.45. The Balaban J connectivity index is 1.56. The van der Waals surface area contributed by atoms with Gasteiger partial charge in [0.15, 0.2) is 6.61 Å². The van der Waals surface area contributed by atoms with Gasteiger partial charge in [-0.1, -0.05) is 30.3 Å². The third-order valence-corrected chi connectivity index (χ3v) is 4.23. The van der Waals surface area contributed by atoms with E-state index in [1.807, 2.05) is 68.4 Å². The van der Waals surface area contributed by atoms with Crippen molar-refractivity contribution in [2.75, 3.05) is 7.11 Å². The van der Waals surface area contributed by atoms with E-state index in [9.17, 15) is 4.79 Å². The van der Waals surface area contributed by atoms with Crippen molar-refractivity contribution in [3.05, 3.63) is 66.1 Å². The van der Waals surface area contributed by atoms with Crippen molar-refractivity contribution in [2.45, 2.75) is 25.9 Å². The molecule has 0 aliphatic carbocycles. The number of hydroxylamine groups is 1. The van der Waals surface area contributed by atoms with Crippen LogP contribution in [0.3, 0.4) is 0 Å². The molecule has 3 rings (SSSR count). The van der Waals surface area contributed by atoms with Crippen LogP contribution < -0.4 is 10.2 Å². The molecule has 7 heteroatoms. The molecule has 0 saturated heterocycles. The summed E-state index contributed by atoms with van der Waals surface area (Å²) < 4.78 is 10.7. The molecule has 0 unspecified atom stereocenters. The lowest BCUT2D eigenvalue weighted by molar-refractivity contribution is -0.140. The molecule has 1 N–H and O–H groups in total. The Morgan fingerprint density at radius 3 is 2.44 bits per heavy atom. The van der Waals surface area contributed by atoms with Gasteiger partial charge in [0.1, 0.15) is 5.75 Å². The minimum absolute atomic E-state index is 0.0280. The SMILES string of the molecule is COc1ccc(-c2nnc(CONC(=O)C(C)(C)c3ccccc3)o2)cc1. The molecule has 1 aromatic heterocycles. The van der Waals surface area contributed by atoms with E-state index in [1.165, 1.54) is 0 Å². The summed E-state index contributed by atoms with van der Waals surface area (Å²) >= 11 is 0. The Morgan fingerprint density at radius 2 is 1.78 bits per heavy atom. The Labute approximate surface area is 157 Å². The van der Waals surface area contributed by atoms with Crippen LogP contribution in [0.5, 0.6) is 5.75 Å². The summed E-state index contributed by atoms with van der Waals surface area (Å²) in [4.78, 5) is 17.7. The van der Waals surface area contributed by atoms with Crippen LogP contribution in [-0.4, -0.2) is 23.2 Å². The number of amides is 1. The number of ether oxygens (including phenoxy) is 1. The first-order chi connectivity index (χ1) is 13.0. The molecule has 2 aromatic carbocycles. The fourth-order valence-corrected chi connectivity index (χ4v) is 2.44. The number of rotatable bonds is 7. The van der Waals surface area contributed by atoms with Gasteiger partial charge in [-0.3, -0.25) is 9.63 Å². The molecule has 0 radical (unpaired) electrons. The van der Waals surface area contributed by atoms with Crippen molar-refractivity contribution in [1.82, 2.24) is 15.7 Å². The number of carbonyl (C=O) groups excluding carboxylic acids is 1. The van der Waals surface area contributed by atoms with Crippen LogP contribution >= 0.6 is 0 Å². The quantitative estimate of drug-likeness (QED) is 0.645. The summed E-state index contributed by atoms with van der Waals surface area (Å²) in [7, 11) is 1.60. The smallest absolute Gasteiger partial charge is 0.253 e. The minimum atomic E-state index is -0.732. The van der Waals surface area contributed by atoms with E-state index >= 15 is 0 Å². The molecule has 27 heavy (non-hydrogen) atoms. The largest absolute Gasteiger partial charge is 0.497 e. The lowest BCUT2D eigenvalue weighted by Gasteiger charge is -2.23. The van der Waals surface area contributed by atoms with E-state index in [0.717, 1.165) is 16.9 Å². The maximum absolute atomic E-state index is 12.4. The molecule has 0 fully saturated rings. The average molecular weight is 367 g/mol. The van der Waals surface area contributed by atoms with Gasteiger partial charge < -0.3 is 9.15 Å². The lowest BCUT2D eigenvalue weighted by Crippen LogP contribution is -2.39. The number of methoxy groups -OCH3 is 1. The second-order valence-corrected chi connectivity index (χ2v) is 6.44. The maximum Gasteiger partial charge on any atom is 0.253 e. The van der Waals surface area contributed by atoms with Crippen LogP contribution in [0.4, 0.5) is 0 Å². The Hall–Kier alpha value is -3.19. The summed E-state index contributed by atoms with van der Waals surface area (Å²) in [5.74, 6) is 1.11. The fraction of sp³-hybridized carbons (Fsp3) is 0.250. The van der Waals surface area contributed by atoms with Gasteiger partial charge in [-0.2, -0.15) is 0 Å². The van der Waals surface area contributed by atoms with Crippen LogP contribution in [0.15, 0.2) is 59.0 Å². The predicted octanol–water partition coefficient (Wildman–Crippen LogP) is 3.27. The average Bonchev–Trinajstić information content (AvgIpc) is 3.17. The van der Waals surface area contributed by atoms with E-state index in [1.54, 1.807) is 7.11 Å². The molecule has 3 aromatic rings. The zero-order valence-corrected chi connectivity index (χ0v) is 15.4. The maximum atomic E-state index is 12.4. The van der Waals surface area contributed by atoms with Crippen LogP contribution in [0, 0.1) is 0 Å². The first kappa shape index (κ1) is 18.6. The highest BCUT2D eigenvalue weighted by atomic mass is 16.7. The summed E-state index contributed by atoms with van der Waals surface area (Å²) in [5, 5.41) is 7.91. The third-order valence-electron chi connectivity index (χ3n) is 4.23. The normalized spacial score (nSPS) is 11.2. The molecule has 0 saturated carbocycles. The monoisotopic (exact) mass is 367 g/mol. The topological polar surface area (TPSA) is 86.5 Å². The molecule has 0 aliphatic rings. The van der Waals surface area contributed by atoms with Crippen molar-refractivity contribution in [3.63, 3.8) is 0 Å². The van der Waals surface area contributed by atoms with Gasteiger partial charge in [-0.05, 0) is 43.7 Å². The molecular formula is C20H21N3O4. The van der Waals surface area contributed by atoms with Crippen molar-refractivity contribution in [2.24, 2.45) is 0 Å². The van der Waals surface area contributed by atoms with Crippen LogP contribution in [-0.2, 0) is 21.7 Å². The summed E-state index contributed by atoms with van der Waals surface area (Å²) in [6, 6.07) is 16.8. The number of aromatic nitrogens is 2. The highest BCUT2D eigenvalue weighted by molar-refractivity contribution is 5.86. The Kier molecular flexibility index (Phi) is 5.52. The first-order valence-corrected chi connectivity index (χ1v) is 8.45. The number of benzene rings is 2. The zero-order chi connectivity index (χ0) is 19.3. The Morgan fingerprint density at radius 1 is 1.07 bits per heavy atom. The lowest BCUT2D eigenvalue weighted by atomic mass is 9.84. The standard InChI is InChI=1S/C20H21N3O4/c1-20(2,15-7-5-4-6-8-15)19(24)23-26-13-17-21-22-18(27-17)14-9-11-16(25-3)12-10-14/h4-12H,13H2,1-3H3,(H,23,24). The summed E-state index contributed by atoms with van der Waals surface area (Å²) in [6.07, 6.45) is 0. The van der Waals surface area contributed by atoms with Gasteiger partial charge >= 0.3 is 0 Å². The van der Waals surface area contributed by atoms with Crippen LogP contribution in [0.2, 0.25) is 0 Å². The second-order valence-electron chi connectivity index (χ2n) is 6.44. The van der Waals surface area contributed by atoms with E-state index in [0.29, 0.717) is 5.89 Å². The molecule has 0 atom stereocenters. The van der Waals surface area contributed by atoms with E-state index < -0.39 is 5.41 Å². The van der Waals surface area contributed by atoms with Crippen LogP contribution in [0.25, 0.3) is 11.5 Å². The molecule has 0 spiro atoms. The van der Waals surface area contributed by atoms with Gasteiger partial charge in [0.05, 0.1) is 12.5 Å². The predicted molar refractivity (Wildman–Crippen MR) is 98.7 cm³/mol. The molecule has 7 nitrogen and oxygen atoms in total. The van der Waals surface area contributed by atoms with Gasteiger partial charge in [-0.25, -0.2) is 5.48 Å². The number of hydrogen-bond donors (Lipinski definition) is 1. The minimum Gasteiger partial charge on any atom is -0.497 e. The molecule has 0 bridgehead atoms. The van der Waals surface area contributed by atoms with Crippen molar-refractivity contribution in [3.8, 4) is 17.2 Å². The van der Waals surface area contributed by atoms with Gasteiger partial charge in [0.25, 0.3) is 5.91 Å². The second kappa shape index (κ2) is 8.01. The molecule has 1 amide bonds. The third kappa shape index (κ3) is 4.32. The van der Waals surface area contributed by atoms with Gasteiger partial charge in [-0.15, -0.1) is 10.2 Å². The molecule has 0 aliphatic heterocycles. The van der Waals surface area contributed by atoms with E-state index in [4.69, 9.17) is 14.0 Å². The number of nitrogens with zero attached hydrogens (tertiary/aromatic N) is 2. The Bertz CT molecular complexity index is 889. The summed E-state index contributed by atoms with van der Waals surface area (Å²) in [6.45, 7) is 3.63. The van der Waals surface area contributed by atoms with Crippen molar-refractivity contribution in [1.29, 1.82) is 0 Å². The van der Waals surface area contributed by atoms with Crippen molar-refractivity contribution < 1.29 is 18.8 Å².